The van der Waals surface area contributed by atoms with Crippen LogP contribution in [0.1, 0.15) is 16.7 Å². The van der Waals surface area contributed by atoms with Gasteiger partial charge in [-0.15, -0.1) is 0 Å². The summed E-state index contributed by atoms with van der Waals surface area (Å²) < 4.78 is 1.55. The van der Waals surface area contributed by atoms with Gasteiger partial charge in [-0.25, -0.2) is 5.43 Å². The van der Waals surface area contributed by atoms with Crippen molar-refractivity contribution in [3.63, 3.8) is 0 Å². The van der Waals surface area contributed by atoms with Gasteiger partial charge >= 0.3 is 0 Å². The molecule has 3 aromatic carbocycles. The number of carbonyl (C=O) groups is 1. The first kappa shape index (κ1) is 21.7. The fourth-order valence-electron chi connectivity index (χ4n) is 2.74. The van der Waals surface area contributed by atoms with Crippen molar-refractivity contribution in [3.05, 3.63) is 96.8 Å². The van der Waals surface area contributed by atoms with Crippen molar-refractivity contribution in [1.82, 2.24) is 5.43 Å². The van der Waals surface area contributed by atoms with Gasteiger partial charge < -0.3 is 10.2 Å². The van der Waals surface area contributed by atoms with Crippen molar-refractivity contribution >= 4 is 59.9 Å². The maximum Gasteiger partial charge on any atom is 0.281 e. The van der Waals surface area contributed by atoms with Gasteiger partial charge in [-0.05, 0) is 49.1 Å². The average molecular weight is 583 g/mol. The second-order valence-electron chi connectivity index (χ2n) is 6.06. The van der Waals surface area contributed by atoms with Crippen molar-refractivity contribution in [2.24, 2.45) is 5.10 Å². The molecule has 3 rings (SSSR count). The summed E-state index contributed by atoms with van der Waals surface area (Å²) in [5.41, 5.74) is 1.84. The Kier molecular flexibility index (Phi) is 6.89. The zero-order valence-corrected chi connectivity index (χ0v) is 19.6. The van der Waals surface area contributed by atoms with Crippen molar-refractivity contribution < 1.29 is 15.0 Å². The van der Waals surface area contributed by atoms with E-state index in [1.54, 1.807) is 66.7 Å². The van der Waals surface area contributed by atoms with E-state index in [1.807, 2.05) is 0 Å². The molecule has 3 N–H and O–H groups in total. The molecule has 0 atom stereocenters. The molecule has 5 nitrogen and oxygen atoms in total. The minimum atomic E-state index is -1.92. The molecule has 1 amide bonds. The van der Waals surface area contributed by atoms with Crippen molar-refractivity contribution in [2.75, 3.05) is 0 Å². The van der Waals surface area contributed by atoms with Crippen LogP contribution >= 0.6 is 47.8 Å². The third-order valence-corrected chi connectivity index (χ3v) is 6.32. The zero-order chi connectivity index (χ0) is 21.0. The Morgan fingerprint density at radius 1 is 0.931 bits per heavy atom. The van der Waals surface area contributed by atoms with Crippen LogP contribution in [0.5, 0.6) is 5.75 Å². The van der Waals surface area contributed by atoms with Crippen LogP contribution in [0.25, 0.3) is 0 Å². The lowest BCUT2D eigenvalue weighted by Gasteiger charge is -2.27. The molecule has 0 saturated heterocycles. The summed E-state index contributed by atoms with van der Waals surface area (Å²) >= 11 is 9.93. The highest BCUT2D eigenvalue weighted by atomic mass is 79.9. The number of aliphatic hydroxyl groups is 1. The second kappa shape index (κ2) is 9.21. The summed E-state index contributed by atoms with van der Waals surface area (Å²) in [6.45, 7) is 0. The molecule has 3 aromatic rings. The molecule has 0 aliphatic heterocycles. The molecule has 148 valence electrons. The lowest BCUT2D eigenvalue weighted by molar-refractivity contribution is -0.136. The van der Waals surface area contributed by atoms with Gasteiger partial charge in [0.25, 0.3) is 5.91 Å². The zero-order valence-electron chi connectivity index (χ0n) is 14.8. The molecule has 0 fully saturated rings. The normalized spacial score (nSPS) is 11.6. The summed E-state index contributed by atoms with van der Waals surface area (Å²) in [5.74, 6) is -0.703. The van der Waals surface area contributed by atoms with Gasteiger partial charge in [0.05, 0.1) is 15.2 Å². The number of hydrazone groups is 1. The SMILES string of the molecule is O=C(NN=Cc1c(Br)cc(Br)c(O)c1Br)C(O)(c1ccccc1)c1ccccc1. The van der Waals surface area contributed by atoms with Gasteiger partial charge in [0.2, 0.25) is 0 Å². The summed E-state index contributed by atoms with van der Waals surface area (Å²) in [5, 5.41) is 25.4. The van der Waals surface area contributed by atoms with Crippen molar-refractivity contribution in [1.29, 1.82) is 0 Å². The smallest absolute Gasteiger partial charge is 0.281 e. The largest absolute Gasteiger partial charge is 0.506 e. The van der Waals surface area contributed by atoms with Crippen LogP contribution < -0.4 is 5.43 Å². The van der Waals surface area contributed by atoms with Crippen LogP contribution in [0.2, 0.25) is 0 Å². The average Bonchev–Trinajstić information content (AvgIpc) is 2.75. The Morgan fingerprint density at radius 2 is 1.45 bits per heavy atom. The minimum Gasteiger partial charge on any atom is -0.506 e. The molecule has 0 aromatic heterocycles. The highest BCUT2D eigenvalue weighted by Gasteiger charge is 2.39. The van der Waals surface area contributed by atoms with E-state index in [4.69, 9.17) is 0 Å². The standard InChI is InChI=1S/C21H15Br3N2O3/c22-16-11-17(23)19(27)18(24)15(16)12-25-26-20(28)21(29,13-7-3-1-4-8-13)14-9-5-2-6-10-14/h1-12,27,29H,(H,26,28). The lowest BCUT2D eigenvalue weighted by Crippen LogP contribution is -2.43. The highest BCUT2D eigenvalue weighted by molar-refractivity contribution is 9.11. The van der Waals surface area contributed by atoms with E-state index in [0.717, 1.165) is 0 Å². The van der Waals surface area contributed by atoms with E-state index >= 15 is 0 Å². The number of aromatic hydroxyl groups is 1. The number of amides is 1. The molecular formula is C21H15Br3N2O3. The Bertz CT molecular complexity index is 1020. The third kappa shape index (κ3) is 4.45. The van der Waals surface area contributed by atoms with Gasteiger partial charge in [0.15, 0.2) is 5.60 Å². The molecular weight excluding hydrogens is 568 g/mol. The van der Waals surface area contributed by atoms with E-state index < -0.39 is 11.5 Å². The van der Waals surface area contributed by atoms with Gasteiger partial charge in [-0.1, -0.05) is 76.6 Å². The van der Waals surface area contributed by atoms with Crippen molar-refractivity contribution in [2.45, 2.75) is 5.60 Å². The topological polar surface area (TPSA) is 81.9 Å². The molecule has 0 aliphatic carbocycles. The van der Waals surface area contributed by atoms with Crippen LogP contribution in [0.4, 0.5) is 0 Å². The van der Waals surface area contributed by atoms with Gasteiger partial charge in [0, 0.05) is 10.0 Å². The number of hydrogen-bond donors (Lipinski definition) is 3. The first-order chi connectivity index (χ1) is 13.9. The van der Waals surface area contributed by atoms with Crippen LogP contribution in [-0.2, 0) is 10.4 Å². The molecule has 0 spiro atoms. The van der Waals surface area contributed by atoms with E-state index in [9.17, 15) is 15.0 Å². The fraction of sp³-hybridized carbons (Fsp3) is 0.0476. The van der Waals surface area contributed by atoms with Gasteiger partial charge in [0.1, 0.15) is 5.75 Å². The molecule has 29 heavy (non-hydrogen) atoms. The molecule has 0 aliphatic rings. The minimum absolute atomic E-state index is 0.00560. The number of nitrogens with zero attached hydrogens (tertiary/aromatic N) is 1. The summed E-state index contributed by atoms with van der Waals surface area (Å²) in [6.07, 6.45) is 1.37. The Balaban J connectivity index is 1.93. The lowest BCUT2D eigenvalue weighted by atomic mass is 9.85. The molecule has 0 saturated carbocycles. The molecule has 8 heteroatoms. The number of phenols is 1. The predicted molar refractivity (Wildman–Crippen MR) is 123 cm³/mol. The number of carbonyl (C=O) groups excluding carboxylic acids is 1. The van der Waals surface area contributed by atoms with E-state index in [2.05, 4.69) is 58.3 Å². The van der Waals surface area contributed by atoms with Gasteiger partial charge in [-0.2, -0.15) is 5.10 Å². The third-order valence-electron chi connectivity index (χ3n) is 4.25. The first-order valence-corrected chi connectivity index (χ1v) is 10.8. The predicted octanol–water partition coefficient (Wildman–Crippen LogP) is 5.07. The number of hydrogen-bond acceptors (Lipinski definition) is 4. The molecule has 0 radical (unpaired) electrons. The summed E-state index contributed by atoms with van der Waals surface area (Å²) in [6, 6.07) is 19.0. The van der Waals surface area contributed by atoms with Crippen LogP contribution in [0.3, 0.4) is 0 Å². The number of benzene rings is 3. The fourth-order valence-corrected chi connectivity index (χ4v) is 5.06. The quantitative estimate of drug-likeness (QED) is 0.290. The van der Waals surface area contributed by atoms with Gasteiger partial charge in [-0.3, -0.25) is 4.79 Å². The summed E-state index contributed by atoms with van der Waals surface area (Å²) in [7, 11) is 0. The number of nitrogens with one attached hydrogen (secondary N) is 1. The second-order valence-corrected chi connectivity index (χ2v) is 8.56. The van der Waals surface area contributed by atoms with Crippen LogP contribution in [0, 0.1) is 0 Å². The Hall–Kier alpha value is -2.00. The van der Waals surface area contributed by atoms with Crippen molar-refractivity contribution in [3.8, 4) is 5.75 Å². The number of halogens is 3. The Morgan fingerprint density at radius 3 is 1.97 bits per heavy atom. The summed E-state index contributed by atoms with van der Waals surface area (Å²) in [4.78, 5) is 13.0. The van der Waals surface area contributed by atoms with Crippen LogP contribution in [0.15, 0.2) is 85.2 Å². The van der Waals surface area contributed by atoms with Crippen LogP contribution in [-0.4, -0.2) is 22.3 Å². The Labute approximate surface area is 192 Å². The van der Waals surface area contributed by atoms with E-state index in [1.165, 1.54) is 6.21 Å². The van der Waals surface area contributed by atoms with E-state index in [0.29, 0.717) is 30.1 Å². The number of phenolic OH excluding ortho intramolecular Hbond substituents is 1. The first-order valence-electron chi connectivity index (χ1n) is 8.39. The molecule has 0 unspecified atom stereocenters. The maximum atomic E-state index is 13.0. The maximum absolute atomic E-state index is 13.0. The molecule has 0 bridgehead atoms. The number of rotatable bonds is 5. The monoisotopic (exact) mass is 580 g/mol. The highest BCUT2D eigenvalue weighted by Crippen LogP contribution is 2.38. The molecule has 0 heterocycles. The van der Waals surface area contributed by atoms with E-state index in [-0.39, 0.29) is 5.75 Å².